The number of benzene rings is 1. The predicted molar refractivity (Wildman–Crippen MR) is 120 cm³/mol. The molecule has 1 fully saturated rings. The van der Waals surface area contributed by atoms with Gasteiger partial charge in [-0.15, -0.1) is 0 Å². The van der Waals surface area contributed by atoms with Crippen LogP contribution >= 0.6 is 0 Å². The molecular formula is C24H27F3N4O2. The average molecular weight is 461 g/mol. The van der Waals surface area contributed by atoms with E-state index in [0.29, 0.717) is 17.0 Å². The number of carbonyl (C=O) groups excluding carboxylic acids is 1. The minimum atomic E-state index is -2.61. The first-order valence-electron chi connectivity index (χ1n) is 11.0. The highest BCUT2D eigenvalue weighted by Gasteiger charge is 2.27. The largest absolute Gasteiger partial charge is 0.491 e. The van der Waals surface area contributed by atoms with Crippen LogP contribution in [0.15, 0.2) is 48.7 Å². The maximum atomic E-state index is 13.1. The lowest BCUT2D eigenvalue weighted by molar-refractivity contribution is 0.0925. The molecule has 33 heavy (non-hydrogen) atoms. The molecule has 1 aliphatic carbocycles. The number of imidazole rings is 1. The molecule has 4 rings (SSSR count). The molecule has 1 aliphatic rings. The number of nitrogens with zero attached hydrogens (tertiary/aromatic N) is 3. The number of aromatic nitrogens is 2. The molecule has 2 aromatic heterocycles. The number of fused-ring (bicyclic) bond motifs is 1. The zero-order chi connectivity index (χ0) is 23.4. The third kappa shape index (κ3) is 5.23. The summed E-state index contributed by atoms with van der Waals surface area (Å²) in [5.74, 6) is 1.20. The van der Waals surface area contributed by atoms with Crippen molar-refractivity contribution in [3.05, 3.63) is 59.9 Å². The smallest absolute Gasteiger partial charge is 0.281 e. The van der Waals surface area contributed by atoms with E-state index in [1.165, 1.54) is 6.20 Å². The molecule has 0 bridgehead atoms. The third-order valence-electron chi connectivity index (χ3n) is 6.12. The molecule has 0 aliphatic heterocycles. The fourth-order valence-corrected chi connectivity index (χ4v) is 4.33. The van der Waals surface area contributed by atoms with Crippen molar-refractivity contribution in [1.82, 2.24) is 14.7 Å². The summed E-state index contributed by atoms with van der Waals surface area (Å²) < 4.78 is 45.3. The molecule has 0 saturated heterocycles. The summed E-state index contributed by atoms with van der Waals surface area (Å²) in [7, 11) is 1.97. The Balaban J connectivity index is 1.34. The van der Waals surface area contributed by atoms with E-state index in [2.05, 4.69) is 15.2 Å². The van der Waals surface area contributed by atoms with E-state index in [1.807, 2.05) is 19.2 Å². The Labute approximate surface area is 190 Å². The van der Waals surface area contributed by atoms with Gasteiger partial charge in [-0.1, -0.05) is 6.07 Å². The summed E-state index contributed by atoms with van der Waals surface area (Å²) in [4.78, 5) is 18.7. The van der Waals surface area contributed by atoms with Gasteiger partial charge in [0.1, 0.15) is 36.2 Å². The van der Waals surface area contributed by atoms with Crippen LogP contribution in [0.1, 0.15) is 48.2 Å². The van der Waals surface area contributed by atoms with Gasteiger partial charge in [-0.3, -0.25) is 9.20 Å². The Morgan fingerprint density at radius 2 is 1.91 bits per heavy atom. The van der Waals surface area contributed by atoms with Gasteiger partial charge in [0.25, 0.3) is 12.3 Å². The van der Waals surface area contributed by atoms with E-state index in [4.69, 9.17) is 4.74 Å². The molecule has 2 heterocycles. The lowest BCUT2D eigenvalue weighted by atomic mass is 9.90. The maximum absolute atomic E-state index is 13.1. The number of ether oxygens (including phenoxy) is 1. The van der Waals surface area contributed by atoms with Crippen LogP contribution in [-0.2, 0) is 0 Å². The lowest BCUT2D eigenvalue weighted by Gasteiger charge is -2.36. The molecular weight excluding hydrogens is 433 g/mol. The first kappa shape index (κ1) is 22.9. The minimum Gasteiger partial charge on any atom is -0.491 e. The number of anilines is 1. The molecule has 1 saturated carbocycles. The van der Waals surface area contributed by atoms with Crippen LogP contribution in [0.5, 0.6) is 5.75 Å². The zero-order valence-electron chi connectivity index (χ0n) is 18.4. The minimum absolute atomic E-state index is 0.00797. The molecule has 1 amide bonds. The highest BCUT2D eigenvalue weighted by atomic mass is 19.3. The Hall–Kier alpha value is -3.23. The Morgan fingerprint density at radius 1 is 1.18 bits per heavy atom. The maximum Gasteiger partial charge on any atom is 0.281 e. The molecule has 1 aromatic carbocycles. The van der Waals surface area contributed by atoms with E-state index < -0.39 is 13.1 Å². The van der Waals surface area contributed by atoms with Crippen molar-refractivity contribution >= 4 is 17.4 Å². The fraction of sp³-hybridized carbons (Fsp3) is 0.417. The van der Waals surface area contributed by atoms with Gasteiger partial charge in [-0.05, 0) is 62.1 Å². The number of nitrogens with one attached hydrogen (secondary N) is 1. The Bertz CT molecular complexity index is 1080. The summed E-state index contributed by atoms with van der Waals surface area (Å²) in [6, 6.07) is 12.4. The van der Waals surface area contributed by atoms with Gasteiger partial charge in [0, 0.05) is 30.9 Å². The number of amides is 1. The summed E-state index contributed by atoms with van der Waals surface area (Å²) >= 11 is 0. The van der Waals surface area contributed by atoms with Gasteiger partial charge in [-0.2, -0.15) is 0 Å². The Kier molecular flexibility index (Phi) is 7.05. The first-order chi connectivity index (χ1) is 16.0. The monoisotopic (exact) mass is 460 g/mol. The average Bonchev–Trinajstić information content (AvgIpc) is 3.28. The van der Waals surface area contributed by atoms with Crippen LogP contribution in [0.2, 0.25) is 0 Å². The van der Waals surface area contributed by atoms with Crippen LogP contribution in [-0.4, -0.2) is 47.7 Å². The van der Waals surface area contributed by atoms with Gasteiger partial charge >= 0.3 is 0 Å². The van der Waals surface area contributed by atoms with Crippen LogP contribution in [0, 0.1) is 0 Å². The van der Waals surface area contributed by atoms with Crippen molar-refractivity contribution in [3.8, 4) is 5.75 Å². The van der Waals surface area contributed by atoms with E-state index in [0.717, 1.165) is 31.5 Å². The standard InChI is InChI=1S/C24H27F3N4O2/c1-30(22-4-2-3-21-29-20(23(26)27)15-31(21)22)18-9-7-17(8-10-18)28-24(32)16-5-11-19(12-6-16)33-14-13-25/h2-6,11-12,15,17-18,23H,7-10,13-14H2,1H3,(H,28,32). The molecule has 3 aromatic rings. The quantitative estimate of drug-likeness (QED) is 0.525. The highest BCUT2D eigenvalue weighted by molar-refractivity contribution is 5.94. The Morgan fingerprint density at radius 3 is 2.58 bits per heavy atom. The lowest BCUT2D eigenvalue weighted by Crippen LogP contribution is -2.43. The molecule has 9 heteroatoms. The number of halogens is 3. The summed E-state index contributed by atoms with van der Waals surface area (Å²) in [5.41, 5.74) is 0.796. The second kappa shape index (κ2) is 10.1. The van der Waals surface area contributed by atoms with E-state index >= 15 is 0 Å². The second-order valence-electron chi connectivity index (χ2n) is 8.23. The number of alkyl halides is 3. The molecule has 0 radical (unpaired) electrons. The highest BCUT2D eigenvalue weighted by Crippen LogP contribution is 2.28. The first-order valence-corrected chi connectivity index (χ1v) is 11.0. The molecule has 1 N–H and O–H groups in total. The van der Waals surface area contributed by atoms with Crippen LogP contribution < -0.4 is 15.0 Å². The van der Waals surface area contributed by atoms with Crippen molar-refractivity contribution in [1.29, 1.82) is 0 Å². The second-order valence-corrected chi connectivity index (χ2v) is 8.23. The van der Waals surface area contributed by atoms with Crippen LogP contribution in [0.25, 0.3) is 5.65 Å². The number of carbonyl (C=O) groups is 1. The van der Waals surface area contributed by atoms with Crippen LogP contribution in [0.4, 0.5) is 19.0 Å². The SMILES string of the molecule is CN(c1cccc2nc(C(F)F)cn12)C1CCC(NC(=O)c2ccc(OCCF)cc2)CC1. The van der Waals surface area contributed by atoms with Crippen molar-refractivity contribution < 1.29 is 22.7 Å². The molecule has 0 spiro atoms. The fourth-order valence-electron chi connectivity index (χ4n) is 4.33. The van der Waals surface area contributed by atoms with Gasteiger partial charge in [0.05, 0.1) is 0 Å². The van der Waals surface area contributed by atoms with E-state index in [1.54, 1.807) is 34.7 Å². The summed E-state index contributed by atoms with van der Waals surface area (Å²) in [6.45, 7) is -0.569. The normalized spacial score (nSPS) is 18.5. The third-order valence-corrected chi connectivity index (χ3v) is 6.12. The summed E-state index contributed by atoms with van der Waals surface area (Å²) in [5, 5.41) is 3.09. The summed E-state index contributed by atoms with van der Waals surface area (Å²) in [6.07, 6.45) is 2.16. The van der Waals surface area contributed by atoms with Crippen molar-refractivity contribution in [2.24, 2.45) is 0 Å². The van der Waals surface area contributed by atoms with Crippen molar-refractivity contribution in [2.75, 3.05) is 25.2 Å². The van der Waals surface area contributed by atoms with Gasteiger partial charge < -0.3 is 15.0 Å². The number of pyridine rings is 1. The van der Waals surface area contributed by atoms with Crippen molar-refractivity contribution in [3.63, 3.8) is 0 Å². The van der Waals surface area contributed by atoms with E-state index in [9.17, 15) is 18.0 Å². The van der Waals surface area contributed by atoms with Gasteiger partial charge in [0.15, 0.2) is 0 Å². The van der Waals surface area contributed by atoms with Gasteiger partial charge in [0.2, 0.25) is 0 Å². The zero-order valence-corrected chi connectivity index (χ0v) is 18.4. The number of rotatable bonds is 8. The number of hydrogen-bond acceptors (Lipinski definition) is 4. The predicted octanol–water partition coefficient (Wildman–Crippen LogP) is 4.80. The number of hydrogen-bond donors (Lipinski definition) is 1. The van der Waals surface area contributed by atoms with Crippen LogP contribution in [0.3, 0.4) is 0 Å². The van der Waals surface area contributed by atoms with Gasteiger partial charge in [-0.25, -0.2) is 18.2 Å². The topological polar surface area (TPSA) is 58.9 Å². The molecule has 6 nitrogen and oxygen atoms in total. The van der Waals surface area contributed by atoms with Crippen molar-refractivity contribution in [2.45, 2.75) is 44.2 Å². The van der Waals surface area contributed by atoms with E-state index in [-0.39, 0.29) is 30.3 Å². The molecule has 0 unspecified atom stereocenters. The molecule has 0 atom stereocenters. The molecule has 176 valence electrons.